The van der Waals surface area contributed by atoms with E-state index < -0.39 is 0 Å². The summed E-state index contributed by atoms with van der Waals surface area (Å²) in [5.41, 5.74) is 3.85. The molecule has 1 aromatic carbocycles. The highest BCUT2D eigenvalue weighted by Gasteiger charge is 2.23. The van der Waals surface area contributed by atoms with Gasteiger partial charge in [-0.05, 0) is 50.2 Å². The predicted octanol–water partition coefficient (Wildman–Crippen LogP) is 4.06. The van der Waals surface area contributed by atoms with Crippen molar-refractivity contribution in [3.63, 3.8) is 0 Å². The van der Waals surface area contributed by atoms with Gasteiger partial charge in [0.1, 0.15) is 5.82 Å². The summed E-state index contributed by atoms with van der Waals surface area (Å²) in [7, 11) is 0. The number of hydrogen-bond donors (Lipinski definition) is 1. The number of thiazole rings is 1. The summed E-state index contributed by atoms with van der Waals surface area (Å²) < 4.78 is 14.1. The Balaban J connectivity index is 1.69. The molecule has 0 radical (unpaired) electrons. The summed E-state index contributed by atoms with van der Waals surface area (Å²) in [6.07, 6.45) is 4.46. The lowest BCUT2D eigenvalue weighted by Crippen LogP contribution is -2.24. The number of benzene rings is 1. The number of nitrogens with one attached hydrogen (secondary N) is 1. The monoisotopic (exact) mass is 304 g/mol. The molecule has 1 aliphatic rings. The van der Waals surface area contributed by atoms with Crippen LogP contribution in [-0.4, -0.2) is 17.6 Å². The van der Waals surface area contributed by atoms with Crippen molar-refractivity contribution in [2.24, 2.45) is 0 Å². The minimum atomic E-state index is -0.0823. The third kappa shape index (κ3) is 3.89. The number of nitrogens with zero attached hydrogens (tertiary/aromatic N) is 1. The summed E-state index contributed by atoms with van der Waals surface area (Å²) in [5.74, 6) is 0.148. The molecule has 1 heterocycles. The van der Waals surface area contributed by atoms with Gasteiger partial charge in [0.15, 0.2) is 0 Å². The smallest absolute Gasteiger partial charge is 0.126 e. The third-order valence-corrected chi connectivity index (χ3v) is 5.13. The molecule has 0 amide bonds. The van der Waals surface area contributed by atoms with Crippen LogP contribution in [0.2, 0.25) is 0 Å². The summed E-state index contributed by atoms with van der Waals surface area (Å²) >= 11 is 1.70. The highest BCUT2D eigenvalue weighted by molar-refractivity contribution is 7.09. The number of aryl methyl sites for hydroxylation is 2. The van der Waals surface area contributed by atoms with Crippen LogP contribution in [0.25, 0.3) is 0 Å². The molecule has 1 N–H and O–H groups in total. The fourth-order valence-corrected chi connectivity index (χ4v) is 3.44. The van der Waals surface area contributed by atoms with Gasteiger partial charge in [-0.3, -0.25) is 0 Å². The molecule has 3 rings (SSSR count). The largest absolute Gasteiger partial charge is 0.313 e. The Kier molecular flexibility index (Phi) is 4.66. The number of rotatable bonds is 7. The van der Waals surface area contributed by atoms with Gasteiger partial charge in [0.05, 0.1) is 11.2 Å². The van der Waals surface area contributed by atoms with Crippen molar-refractivity contribution in [2.75, 3.05) is 6.54 Å². The van der Waals surface area contributed by atoms with Crippen LogP contribution in [0, 0.1) is 12.7 Å². The van der Waals surface area contributed by atoms with Gasteiger partial charge >= 0.3 is 0 Å². The van der Waals surface area contributed by atoms with Gasteiger partial charge in [-0.25, -0.2) is 9.37 Å². The van der Waals surface area contributed by atoms with Crippen LogP contribution in [0.5, 0.6) is 0 Å². The molecule has 0 saturated heterocycles. The van der Waals surface area contributed by atoms with E-state index in [-0.39, 0.29) is 11.7 Å². The molecule has 4 heteroatoms. The van der Waals surface area contributed by atoms with Crippen molar-refractivity contribution in [3.8, 4) is 0 Å². The molecule has 0 bridgehead atoms. The Morgan fingerprint density at radius 3 is 2.86 bits per heavy atom. The number of aromatic nitrogens is 1. The van der Waals surface area contributed by atoms with E-state index in [1.807, 2.05) is 24.6 Å². The Bertz CT molecular complexity index is 592. The minimum Gasteiger partial charge on any atom is -0.313 e. The molecule has 2 aromatic rings. The molecule has 0 spiro atoms. The quantitative estimate of drug-likeness (QED) is 0.834. The van der Waals surface area contributed by atoms with Gasteiger partial charge in [0.2, 0.25) is 0 Å². The van der Waals surface area contributed by atoms with Crippen molar-refractivity contribution in [2.45, 2.75) is 44.6 Å². The van der Waals surface area contributed by atoms with Crippen LogP contribution in [-0.2, 0) is 6.42 Å². The maximum Gasteiger partial charge on any atom is 0.126 e. The highest BCUT2D eigenvalue weighted by Crippen LogP contribution is 2.27. The zero-order chi connectivity index (χ0) is 14.7. The minimum absolute atomic E-state index is 0.0823. The van der Waals surface area contributed by atoms with Crippen LogP contribution >= 0.6 is 11.3 Å². The van der Waals surface area contributed by atoms with Crippen LogP contribution in [0.4, 0.5) is 4.39 Å². The molecular formula is C17H21FN2S. The van der Waals surface area contributed by atoms with Crippen LogP contribution in [0.3, 0.4) is 0 Å². The summed E-state index contributed by atoms with van der Waals surface area (Å²) in [6, 6.07) is 7.84. The van der Waals surface area contributed by atoms with Crippen molar-refractivity contribution in [3.05, 3.63) is 51.7 Å². The van der Waals surface area contributed by atoms with E-state index in [2.05, 4.69) is 10.3 Å². The molecule has 1 unspecified atom stereocenters. The summed E-state index contributed by atoms with van der Waals surface area (Å²) in [4.78, 5) is 5.62. The van der Waals surface area contributed by atoms with E-state index in [1.165, 1.54) is 17.7 Å². The zero-order valence-corrected chi connectivity index (χ0v) is 13.1. The number of hydrogen-bond acceptors (Lipinski definition) is 3. The topological polar surface area (TPSA) is 24.9 Å². The van der Waals surface area contributed by atoms with E-state index in [9.17, 15) is 4.39 Å². The zero-order valence-electron chi connectivity index (χ0n) is 12.3. The van der Waals surface area contributed by atoms with Crippen LogP contribution < -0.4 is 5.32 Å². The first-order chi connectivity index (χ1) is 10.2. The van der Waals surface area contributed by atoms with Gasteiger partial charge < -0.3 is 5.32 Å². The Morgan fingerprint density at radius 2 is 2.19 bits per heavy atom. The molecule has 1 aromatic heterocycles. The molecule has 21 heavy (non-hydrogen) atoms. The molecule has 1 aliphatic carbocycles. The van der Waals surface area contributed by atoms with E-state index in [1.54, 1.807) is 23.5 Å². The van der Waals surface area contributed by atoms with Gasteiger partial charge in [-0.15, -0.1) is 11.3 Å². The standard InChI is InChI=1S/C17H21FN2S/c1-12-17(21-11-20-12)9-6-13(10-19-14-7-8-14)15-4-2-3-5-16(15)18/h2-5,11,13-14,19H,6-10H2,1H3. The predicted molar refractivity (Wildman–Crippen MR) is 85.3 cm³/mol. The lowest BCUT2D eigenvalue weighted by molar-refractivity contribution is 0.516. The molecule has 2 nitrogen and oxygen atoms in total. The van der Waals surface area contributed by atoms with E-state index in [4.69, 9.17) is 0 Å². The normalized spacial score (nSPS) is 16.1. The first kappa shape index (κ1) is 14.7. The second kappa shape index (κ2) is 6.67. The first-order valence-electron chi connectivity index (χ1n) is 7.61. The first-order valence-corrected chi connectivity index (χ1v) is 8.49. The van der Waals surface area contributed by atoms with Crippen molar-refractivity contribution < 1.29 is 4.39 Å². The Hall–Kier alpha value is -1.26. The van der Waals surface area contributed by atoms with E-state index in [0.717, 1.165) is 30.6 Å². The van der Waals surface area contributed by atoms with Gasteiger partial charge in [0, 0.05) is 17.5 Å². The molecular weight excluding hydrogens is 283 g/mol. The van der Waals surface area contributed by atoms with E-state index in [0.29, 0.717) is 6.04 Å². The Labute approximate surface area is 129 Å². The molecule has 0 aliphatic heterocycles. The molecule has 1 fully saturated rings. The molecule has 1 atom stereocenters. The van der Waals surface area contributed by atoms with Gasteiger partial charge in [-0.1, -0.05) is 18.2 Å². The fraction of sp³-hybridized carbons (Fsp3) is 0.471. The SMILES string of the molecule is Cc1ncsc1CCC(CNC1CC1)c1ccccc1F. The lowest BCUT2D eigenvalue weighted by Gasteiger charge is -2.18. The highest BCUT2D eigenvalue weighted by atomic mass is 32.1. The fourth-order valence-electron chi connectivity index (χ4n) is 2.64. The van der Waals surface area contributed by atoms with Crippen molar-refractivity contribution >= 4 is 11.3 Å². The van der Waals surface area contributed by atoms with E-state index >= 15 is 0 Å². The van der Waals surface area contributed by atoms with Crippen molar-refractivity contribution in [1.82, 2.24) is 10.3 Å². The average Bonchev–Trinajstić information content (AvgIpc) is 3.22. The van der Waals surface area contributed by atoms with Crippen molar-refractivity contribution in [1.29, 1.82) is 0 Å². The maximum atomic E-state index is 14.1. The van der Waals surface area contributed by atoms with Gasteiger partial charge in [0.25, 0.3) is 0 Å². The lowest BCUT2D eigenvalue weighted by atomic mass is 9.93. The summed E-state index contributed by atoms with van der Waals surface area (Å²) in [5, 5.41) is 3.55. The summed E-state index contributed by atoms with van der Waals surface area (Å²) in [6.45, 7) is 2.91. The maximum absolute atomic E-state index is 14.1. The second-order valence-electron chi connectivity index (χ2n) is 5.80. The number of halogens is 1. The Morgan fingerprint density at radius 1 is 1.38 bits per heavy atom. The molecule has 112 valence electrons. The van der Waals surface area contributed by atoms with Crippen LogP contribution in [0.15, 0.2) is 29.8 Å². The second-order valence-corrected chi connectivity index (χ2v) is 6.74. The third-order valence-electron chi connectivity index (χ3n) is 4.14. The molecule has 1 saturated carbocycles. The average molecular weight is 304 g/mol. The van der Waals surface area contributed by atoms with Crippen LogP contribution in [0.1, 0.15) is 41.3 Å². The van der Waals surface area contributed by atoms with Gasteiger partial charge in [-0.2, -0.15) is 0 Å².